The van der Waals surface area contributed by atoms with Crippen LogP contribution in [0.15, 0.2) is 54.5 Å². The van der Waals surface area contributed by atoms with E-state index in [0.717, 1.165) is 22.3 Å². The van der Waals surface area contributed by atoms with E-state index in [0.29, 0.717) is 29.0 Å². The summed E-state index contributed by atoms with van der Waals surface area (Å²) in [6, 6.07) is 12.0. The minimum Gasteiger partial charge on any atom is -0.493 e. The zero-order valence-electron chi connectivity index (χ0n) is 14.6. The first-order chi connectivity index (χ1) is 12.5. The molecule has 0 unspecified atom stereocenters. The van der Waals surface area contributed by atoms with E-state index in [2.05, 4.69) is 0 Å². The first kappa shape index (κ1) is 19.1. The predicted molar refractivity (Wildman–Crippen MR) is 101 cm³/mol. The van der Waals surface area contributed by atoms with Crippen molar-refractivity contribution in [2.24, 2.45) is 0 Å². The number of para-hydroxylation sites is 1. The van der Waals surface area contributed by atoms with Gasteiger partial charge in [-0.2, -0.15) is 16.8 Å². The Kier molecular flexibility index (Phi) is 4.79. The Balaban J connectivity index is 1.87. The lowest BCUT2D eigenvalue weighted by atomic mass is 10.0. The zero-order valence-corrected chi connectivity index (χ0v) is 16.2. The van der Waals surface area contributed by atoms with Crippen LogP contribution in [-0.2, 0) is 26.7 Å². The summed E-state index contributed by atoms with van der Waals surface area (Å²) in [5.74, 6) is -0.162. The number of hydrogen-bond donors (Lipinski definition) is 2. The normalized spacial score (nSPS) is 15.9. The van der Waals surface area contributed by atoms with Crippen molar-refractivity contribution >= 4 is 26.0 Å². The molecule has 0 aromatic heterocycles. The number of nitrogens with zero attached hydrogens (tertiary/aromatic N) is 1. The summed E-state index contributed by atoms with van der Waals surface area (Å²) in [6.07, 6.45) is 2.47. The largest absolute Gasteiger partial charge is 0.493 e. The molecule has 27 heavy (non-hydrogen) atoms. The van der Waals surface area contributed by atoms with Crippen molar-refractivity contribution in [1.82, 2.24) is 4.72 Å². The van der Waals surface area contributed by atoms with Crippen LogP contribution in [0.2, 0.25) is 0 Å². The zero-order chi connectivity index (χ0) is 19.8. The van der Waals surface area contributed by atoms with Gasteiger partial charge in [-0.3, -0.25) is 0 Å². The van der Waals surface area contributed by atoms with E-state index in [1.807, 2.05) is 10.8 Å². The minimum absolute atomic E-state index is 0.295. The Morgan fingerprint density at radius 2 is 1.81 bits per heavy atom. The number of anilines is 1. The number of aryl methyl sites for hydroxylation is 1. The number of benzene rings is 2. The Labute approximate surface area is 158 Å². The number of rotatable bonds is 5. The lowest BCUT2D eigenvalue weighted by molar-refractivity contribution is 0.392. The summed E-state index contributed by atoms with van der Waals surface area (Å²) in [5, 5.41) is 9.36. The van der Waals surface area contributed by atoms with Crippen LogP contribution < -0.4 is 13.2 Å². The second-order valence-corrected chi connectivity index (χ2v) is 9.23. The molecule has 2 aromatic carbocycles. The van der Waals surface area contributed by atoms with Crippen molar-refractivity contribution in [1.29, 1.82) is 0 Å². The summed E-state index contributed by atoms with van der Waals surface area (Å²) in [4.78, 5) is 0. The fraction of sp³-hybridized carbons (Fsp3) is 0.176. The first-order valence-electron chi connectivity index (χ1n) is 7.85. The first-order valence-corrected chi connectivity index (χ1v) is 11.1. The molecule has 2 N–H and O–H groups in total. The summed E-state index contributed by atoms with van der Waals surface area (Å²) in [5.41, 5.74) is 2.58. The third-order valence-electron chi connectivity index (χ3n) is 3.85. The van der Waals surface area contributed by atoms with Gasteiger partial charge in [0.15, 0.2) is 0 Å². The van der Waals surface area contributed by atoms with Gasteiger partial charge < -0.3 is 9.29 Å². The maximum atomic E-state index is 11.9. The van der Waals surface area contributed by atoms with E-state index in [4.69, 9.17) is 4.18 Å². The molecular formula is C17H18N2O6S2. The van der Waals surface area contributed by atoms with Gasteiger partial charge in [-0.05, 0) is 30.2 Å². The highest BCUT2D eigenvalue weighted by Crippen LogP contribution is 2.28. The van der Waals surface area contributed by atoms with Gasteiger partial charge in [-0.15, -0.1) is 0 Å². The fourth-order valence-corrected chi connectivity index (χ4v) is 4.30. The lowest BCUT2D eigenvalue weighted by Crippen LogP contribution is -2.29. The van der Waals surface area contributed by atoms with Crippen LogP contribution in [0.5, 0.6) is 5.75 Å². The van der Waals surface area contributed by atoms with Crippen LogP contribution in [-0.4, -0.2) is 28.2 Å². The van der Waals surface area contributed by atoms with Crippen LogP contribution in [0.25, 0.3) is 0 Å². The van der Waals surface area contributed by atoms with Crippen molar-refractivity contribution in [2.45, 2.75) is 13.3 Å². The second kappa shape index (κ2) is 6.78. The minimum atomic E-state index is -3.84. The highest BCUT2D eigenvalue weighted by Gasteiger charge is 2.28. The Bertz CT molecular complexity index is 1110. The molecule has 0 spiro atoms. The molecule has 0 atom stereocenters. The molecule has 0 saturated heterocycles. The average molecular weight is 410 g/mol. The maximum Gasteiger partial charge on any atom is 0.330 e. The summed E-state index contributed by atoms with van der Waals surface area (Å²) >= 11 is 0. The molecule has 0 fully saturated rings. The molecule has 3 rings (SSSR count). The van der Waals surface area contributed by atoms with Gasteiger partial charge in [0.1, 0.15) is 5.75 Å². The van der Waals surface area contributed by atoms with Gasteiger partial charge in [-0.1, -0.05) is 30.3 Å². The predicted octanol–water partition coefficient (Wildman–Crippen LogP) is 1.94. The molecule has 144 valence electrons. The van der Waals surface area contributed by atoms with E-state index in [1.165, 1.54) is 0 Å². The topological polar surface area (TPSA) is 113 Å². The van der Waals surface area contributed by atoms with E-state index in [9.17, 15) is 21.9 Å². The number of nitrogens with one attached hydrogen (secondary N) is 1. The number of hydrogen-bond acceptors (Lipinski definition) is 6. The third kappa shape index (κ3) is 4.34. The van der Waals surface area contributed by atoms with Crippen molar-refractivity contribution < 1.29 is 26.1 Å². The molecule has 10 heteroatoms. The molecule has 1 aliphatic heterocycles. The summed E-state index contributed by atoms with van der Waals surface area (Å²) in [7, 11) is -7.50. The standard InChI is InChI=1S/C17H18N2O6S2/c1-12-4-3-5-14(17(12)25-26(2,21)22)10-13-6-8-15(9-7-13)19-11-16(20)18-27(19,23)24/h3-9,11,18,20H,10H2,1-2H3. The summed E-state index contributed by atoms with van der Waals surface area (Å²) < 4.78 is 54.8. The SMILES string of the molecule is Cc1cccc(Cc2ccc(N3C=C(O)NS3(=O)=O)cc2)c1OS(C)(=O)=O. The fourth-order valence-electron chi connectivity index (χ4n) is 2.71. The van der Waals surface area contributed by atoms with E-state index >= 15 is 0 Å². The van der Waals surface area contributed by atoms with Crippen molar-refractivity contribution in [2.75, 3.05) is 10.6 Å². The molecule has 8 nitrogen and oxygen atoms in total. The molecule has 1 heterocycles. The van der Waals surface area contributed by atoms with Crippen LogP contribution in [0.3, 0.4) is 0 Å². The lowest BCUT2D eigenvalue weighted by Gasteiger charge is -2.15. The molecule has 0 bridgehead atoms. The Morgan fingerprint density at radius 1 is 1.15 bits per heavy atom. The number of aliphatic hydroxyl groups excluding tert-OH is 1. The third-order valence-corrected chi connectivity index (χ3v) is 5.62. The molecule has 0 aliphatic carbocycles. The van der Waals surface area contributed by atoms with Crippen LogP contribution in [0, 0.1) is 6.92 Å². The molecule has 0 radical (unpaired) electrons. The molecule has 0 saturated carbocycles. The highest BCUT2D eigenvalue weighted by atomic mass is 32.2. The van der Waals surface area contributed by atoms with Gasteiger partial charge in [0.25, 0.3) is 0 Å². The Hall–Kier alpha value is -2.72. The monoisotopic (exact) mass is 410 g/mol. The van der Waals surface area contributed by atoms with Crippen molar-refractivity contribution in [3.05, 3.63) is 71.2 Å². The maximum absolute atomic E-state index is 11.9. The van der Waals surface area contributed by atoms with Gasteiger partial charge in [0.2, 0.25) is 5.88 Å². The van der Waals surface area contributed by atoms with Crippen molar-refractivity contribution in [3.8, 4) is 5.75 Å². The molecule has 1 aliphatic rings. The van der Waals surface area contributed by atoms with E-state index < -0.39 is 26.2 Å². The number of aliphatic hydroxyl groups is 1. The van der Waals surface area contributed by atoms with Crippen LogP contribution >= 0.6 is 0 Å². The smallest absolute Gasteiger partial charge is 0.330 e. The second-order valence-electron chi connectivity index (χ2n) is 6.11. The van der Waals surface area contributed by atoms with E-state index in [1.54, 1.807) is 43.3 Å². The van der Waals surface area contributed by atoms with Crippen LogP contribution in [0.4, 0.5) is 5.69 Å². The van der Waals surface area contributed by atoms with Gasteiger partial charge in [0.05, 0.1) is 18.1 Å². The molecule has 2 aromatic rings. The average Bonchev–Trinajstić information content (AvgIpc) is 2.83. The van der Waals surface area contributed by atoms with Gasteiger partial charge in [-0.25, -0.2) is 9.03 Å². The Morgan fingerprint density at radius 3 is 2.37 bits per heavy atom. The molecule has 0 amide bonds. The molecular weight excluding hydrogens is 392 g/mol. The highest BCUT2D eigenvalue weighted by molar-refractivity contribution is 7.91. The van der Waals surface area contributed by atoms with Gasteiger partial charge in [0, 0.05) is 12.0 Å². The van der Waals surface area contributed by atoms with Gasteiger partial charge >= 0.3 is 20.3 Å². The van der Waals surface area contributed by atoms with E-state index in [-0.39, 0.29) is 0 Å². The quantitative estimate of drug-likeness (QED) is 0.729. The summed E-state index contributed by atoms with van der Waals surface area (Å²) in [6.45, 7) is 1.76. The van der Waals surface area contributed by atoms with Crippen LogP contribution in [0.1, 0.15) is 16.7 Å². The van der Waals surface area contributed by atoms with Crippen molar-refractivity contribution in [3.63, 3.8) is 0 Å².